The minimum atomic E-state index is -0.114. The molecule has 1 heterocycles. The fourth-order valence-electron chi connectivity index (χ4n) is 2.54. The zero-order valence-electron chi connectivity index (χ0n) is 12.0. The number of nitrogens with one attached hydrogen (secondary N) is 1. The Hall–Kier alpha value is -1.30. The van der Waals surface area contributed by atoms with Gasteiger partial charge in [-0.15, -0.1) is 12.4 Å². The van der Waals surface area contributed by atoms with E-state index in [2.05, 4.69) is 27.3 Å². The van der Waals surface area contributed by atoms with Crippen LogP contribution in [-0.2, 0) is 12.0 Å². The maximum absolute atomic E-state index is 12.1. The first-order chi connectivity index (χ1) is 10.1. The minimum absolute atomic E-state index is 0. The molecule has 6 heteroatoms. The van der Waals surface area contributed by atoms with Gasteiger partial charge in [-0.3, -0.25) is 4.79 Å². The van der Waals surface area contributed by atoms with Crippen LogP contribution in [0, 0.1) is 0 Å². The number of hydrogen-bond donors (Lipinski definition) is 2. The molecule has 1 aromatic heterocycles. The average Bonchev–Trinajstić information content (AvgIpc) is 3.12. The third-order valence-electron chi connectivity index (χ3n) is 4.00. The molecular weight excluding hydrogens is 368 g/mol. The van der Waals surface area contributed by atoms with Crippen LogP contribution >= 0.6 is 28.3 Å². The molecule has 1 fully saturated rings. The molecule has 1 amide bonds. The average molecular weight is 386 g/mol. The maximum atomic E-state index is 12.1. The largest absolute Gasteiger partial charge is 0.467 e. The normalized spacial score (nSPS) is 15.0. The number of carbonyl (C=O) groups is 1. The molecular formula is C16H18BrClN2O2. The molecule has 1 saturated carbocycles. The van der Waals surface area contributed by atoms with Gasteiger partial charge in [0, 0.05) is 16.4 Å². The van der Waals surface area contributed by atoms with E-state index in [1.807, 2.05) is 18.2 Å². The van der Waals surface area contributed by atoms with E-state index in [4.69, 9.17) is 10.2 Å². The van der Waals surface area contributed by atoms with Crippen LogP contribution in [-0.4, -0.2) is 12.5 Å². The lowest BCUT2D eigenvalue weighted by Crippen LogP contribution is -2.32. The molecule has 0 unspecified atom stereocenters. The summed E-state index contributed by atoms with van der Waals surface area (Å²) in [4.78, 5) is 12.1. The topological polar surface area (TPSA) is 68.3 Å². The molecule has 0 bridgehead atoms. The van der Waals surface area contributed by atoms with E-state index in [9.17, 15) is 4.79 Å². The van der Waals surface area contributed by atoms with Crippen molar-refractivity contribution in [1.29, 1.82) is 0 Å². The van der Waals surface area contributed by atoms with Gasteiger partial charge in [0.2, 0.25) is 0 Å². The molecule has 0 spiro atoms. The minimum Gasteiger partial charge on any atom is -0.467 e. The fourth-order valence-corrected chi connectivity index (χ4v) is 3.25. The number of amides is 1. The highest BCUT2D eigenvalue weighted by Crippen LogP contribution is 2.49. The van der Waals surface area contributed by atoms with Crippen molar-refractivity contribution < 1.29 is 9.21 Å². The van der Waals surface area contributed by atoms with E-state index in [1.54, 1.807) is 6.07 Å². The Morgan fingerprint density at radius 1 is 1.36 bits per heavy atom. The lowest BCUT2D eigenvalue weighted by Gasteiger charge is -2.17. The van der Waals surface area contributed by atoms with Crippen LogP contribution in [0.1, 0.15) is 34.5 Å². The van der Waals surface area contributed by atoms with Crippen molar-refractivity contribution in [1.82, 2.24) is 5.32 Å². The summed E-state index contributed by atoms with van der Waals surface area (Å²) in [6, 6.07) is 9.88. The first kappa shape index (κ1) is 17.1. The first-order valence-corrected chi connectivity index (χ1v) is 7.75. The Balaban J connectivity index is 0.00000176. The summed E-state index contributed by atoms with van der Waals surface area (Å²) in [6.45, 7) is 0.936. The lowest BCUT2D eigenvalue weighted by molar-refractivity contribution is 0.0949. The highest BCUT2D eigenvalue weighted by molar-refractivity contribution is 9.10. The number of nitrogens with two attached hydrogens (primary N) is 1. The van der Waals surface area contributed by atoms with Gasteiger partial charge < -0.3 is 15.5 Å². The maximum Gasteiger partial charge on any atom is 0.254 e. The third kappa shape index (κ3) is 3.37. The molecule has 4 nitrogen and oxygen atoms in total. The van der Waals surface area contributed by atoms with Crippen LogP contribution in [0.2, 0.25) is 0 Å². The summed E-state index contributed by atoms with van der Waals surface area (Å²) in [5.41, 5.74) is 7.33. The Labute approximate surface area is 144 Å². The summed E-state index contributed by atoms with van der Waals surface area (Å²) < 4.78 is 6.30. The SMILES string of the molecule is Cl.NCc1cc(C(=O)NCC2(c3ccccc3Br)CC2)co1. The molecule has 1 aliphatic carbocycles. The zero-order valence-corrected chi connectivity index (χ0v) is 14.4. The molecule has 0 radical (unpaired) electrons. The van der Waals surface area contributed by atoms with Crippen molar-refractivity contribution in [2.75, 3.05) is 6.54 Å². The van der Waals surface area contributed by atoms with E-state index in [0.717, 1.165) is 17.3 Å². The lowest BCUT2D eigenvalue weighted by atomic mass is 9.96. The van der Waals surface area contributed by atoms with Gasteiger partial charge in [-0.2, -0.15) is 0 Å². The first-order valence-electron chi connectivity index (χ1n) is 6.95. The van der Waals surface area contributed by atoms with E-state index >= 15 is 0 Å². The molecule has 1 aliphatic rings. The fraction of sp³-hybridized carbons (Fsp3) is 0.312. The van der Waals surface area contributed by atoms with Crippen molar-refractivity contribution in [3.63, 3.8) is 0 Å². The van der Waals surface area contributed by atoms with Crippen LogP contribution in [0.3, 0.4) is 0 Å². The van der Waals surface area contributed by atoms with Gasteiger partial charge in [-0.05, 0) is 30.5 Å². The van der Waals surface area contributed by atoms with Gasteiger partial charge in [0.25, 0.3) is 5.91 Å². The number of carbonyl (C=O) groups excluding carboxylic acids is 1. The summed E-state index contributed by atoms with van der Waals surface area (Å²) in [5, 5.41) is 3.00. The second-order valence-electron chi connectivity index (χ2n) is 5.45. The second-order valence-corrected chi connectivity index (χ2v) is 6.30. The van der Waals surface area contributed by atoms with Gasteiger partial charge in [0.15, 0.2) is 0 Å². The molecule has 22 heavy (non-hydrogen) atoms. The Morgan fingerprint density at radius 2 is 2.09 bits per heavy atom. The number of furan rings is 1. The van der Waals surface area contributed by atoms with Gasteiger partial charge in [-0.1, -0.05) is 34.1 Å². The number of hydrogen-bond acceptors (Lipinski definition) is 3. The highest BCUT2D eigenvalue weighted by atomic mass is 79.9. The third-order valence-corrected chi connectivity index (χ3v) is 4.69. The highest BCUT2D eigenvalue weighted by Gasteiger charge is 2.45. The van der Waals surface area contributed by atoms with Crippen LogP contribution in [0.15, 0.2) is 45.5 Å². The quantitative estimate of drug-likeness (QED) is 0.829. The van der Waals surface area contributed by atoms with Gasteiger partial charge in [-0.25, -0.2) is 0 Å². The predicted octanol–water partition coefficient (Wildman–Crippen LogP) is 3.38. The van der Waals surface area contributed by atoms with E-state index in [1.165, 1.54) is 11.8 Å². The molecule has 0 aliphatic heterocycles. The smallest absolute Gasteiger partial charge is 0.254 e. The molecule has 2 aromatic rings. The van der Waals surface area contributed by atoms with Gasteiger partial charge in [0.05, 0.1) is 12.1 Å². The monoisotopic (exact) mass is 384 g/mol. The van der Waals surface area contributed by atoms with Crippen LogP contribution < -0.4 is 11.1 Å². The predicted molar refractivity (Wildman–Crippen MR) is 91.2 cm³/mol. The standard InChI is InChI=1S/C16H17BrN2O2.ClH/c17-14-4-2-1-3-13(14)16(5-6-16)10-19-15(20)11-7-12(8-18)21-9-11;/h1-4,7,9H,5-6,8,10,18H2,(H,19,20);1H. The molecule has 3 rings (SSSR count). The van der Waals surface area contributed by atoms with Crippen molar-refractivity contribution in [3.05, 3.63) is 58.0 Å². The van der Waals surface area contributed by atoms with Crippen LogP contribution in [0.4, 0.5) is 0 Å². The van der Waals surface area contributed by atoms with Crippen molar-refractivity contribution in [2.45, 2.75) is 24.8 Å². The van der Waals surface area contributed by atoms with Crippen molar-refractivity contribution >= 4 is 34.2 Å². The molecule has 118 valence electrons. The Kier molecular flexibility index (Phi) is 5.32. The van der Waals surface area contributed by atoms with E-state index in [0.29, 0.717) is 24.4 Å². The Morgan fingerprint density at radius 3 is 2.68 bits per heavy atom. The molecule has 1 aromatic carbocycles. The number of benzene rings is 1. The number of rotatable bonds is 5. The summed E-state index contributed by atoms with van der Waals surface area (Å²) in [6.07, 6.45) is 3.64. The van der Waals surface area contributed by atoms with Crippen LogP contribution in [0.25, 0.3) is 0 Å². The summed E-state index contributed by atoms with van der Waals surface area (Å²) in [5.74, 6) is 0.504. The summed E-state index contributed by atoms with van der Waals surface area (Å²) in [7, 11) is 0. The van der Waals surface area contributed by atoms with Gasteiger partial charge in [0.1, 0.15) is 12.0 Å². The van der Waals surface area contributed by atoms with E-state index in [-0.39, 0.29) is 23.7 Å². The molecule has 3 N–H and O–H groups in total. The second kappa shape index (κ2) is 6.86. The number of halogens is 2. The van der Waals surface area contributed by atoms with E-state index < -0.39 is 0 Å². The van der Waals surface area contributed by atoms with Gasteiger partial charge >= 0.3 is 0 Å². The Bertz CT molecular complexity index is 668. The summed E-state index contributed by atoms with van der Waals surface area (Å²) >= 11 is 3.60. The molecule has 0 saturated heterocycles. The van der Waals surface area contributed by atoms with Crippen molar-refractivity contribution in [2.24, 2.45) is 5.73 Å². The zero-order chi connectivity index (χ0) is 14.9. The van der Waals surface area contributed by atoms with Crippen LogP contribution in [0.5, 0.6) is 0 Å². The molecule has 0 atom stereocenters. The van der Waals surface area contributed by atoms with Crippen molar-refractivity contribution in [3.8, 4) is 0 Å².